The largest absolute Gasteiger partial charge is 0.383 e. The summed E-state index contributed by atoms with van der Waals surface area (Å²) in [6, 6.07) is 0. The molecule has 0 aromatic carbocycles. The average Bonchev–Trinajstić information content (AvgIpc) is 2.13. The third kappa shape index (κ3) is 0.908. The van der Waals surface area contributed by atoms with E-state index in [9.17, 15) is 10.1 Å². The van der Waals surface area contributed by atoms with Gasteiger partial charge in [-0.3, -0.25) is 0 Å². The highest BCUT2D eigenvalue weighted by Crippen LogP contribution is 1.96. The molecule has 0 atom stereocenters. The summed E-state index contributed by atoms with van der Waals surface area (Å²) in [4.78, 5) is 9.48. The Morgan fingerprint density at radius 3 is 2.78 bits per heavy atom. The van der Waals surface area contributed by atoms with Crippen molar-refractivity contribution in [1.29, 1.82) is 0 Å². The molecule has 1 aromatic heterocycles. The van der Waals surface area contributed by atoms with Gasteiger partial charge in [-0.25, -0.2) is 0 Å². The van der Waals surface area contributed by atoms with E-state index in [1.165, 1.54) is 6.20 Å². The Morgan fingerprint density at radius 1 is 1.89 bits per heavy atom. The molecule has 9 heavy (non-hydrogen) atoms. The number of aromatic nitrogens is 2. The van der Waals surface area contributed by atoms with Crippen LogP contribution in [0.4, 0.5) is 5.82 Å². The molecule has 46 valence electrons. The van der Waals surface area contributed by atoms with E-state index in [0.717, 1.165) is 0 Å². The molecule has 0 bridgehead atoms. The first-order chi connectivity index (χ1) is 4.22. The highest BCUT2D eigenvalue weighted by Gasteiger charge is 2.10. The van der Waals surface area contributed by atoms with Crippen LogP contribution in [-0.2, 0) is 0 Å². The third-order valence-corrected chi connectivity index (χ3v) is 0.977. The molecule has 0 spiro atoms. The molecule has 0 amide bonds. The Hall–Kier alpha value is -1.33. The number of hydrogen-bond acceptors (Lipinski definition) is 3. The topological polar surface area (TPSA) is 71.8 Å². The van der Waals surface area contributed by atoms with Crippen LogP contribution in [-0.4, -0.2) is 23.0 Å². The Labute approximate surface area is 51.6 Å². The van der Waals surface area contributed by atoms with E-state index in [1.54, 1.807) is 7.85 Å². The van der Waals surface area contributed by atoms with Crippen molar-refractivity contribution >= 4 is 19.1 Å². The molecule has 6 heteroatoms. The summed E-state index contributed by atoms with van der Waals surface area (Å²) in [7, 11) is 1.63. The van der Waals surface area contributed by atoms with Crippen LogP contribution >= 0.6 is 0 Å². The zero-order valence-electron chi connectivity index (χ0n) is 4.79. The molecule has 0 saturated heterocycles. The van der Waals surface area contributed by atoms with Gasteiger partial charge < -0.3 is 10.1 Å². The summed E-state index contributed by atoms with van der Waals surface area (Å²) in [6.07, 6.45) is 1.48. The van der Waals surface area contributed by atoms with E-state index in [1.807, 2.05) is 0 Å². The van der Waals surface area contributed by atoms with Crippen molar-refractivity contribution in [2.45, 2.75) is 0 Å². The van der Waals surface area contributed by atoms with E-state index >= 15 is 0 Å². The standard InChI is InChI=1S/C3H4BN3O2/c4-2-1-5-6-3(2)7(8)9/h1H,4H2,(H,5,6). The van der Waals surface area contributed by atoms with E-state index in [-0.39, 0.29) is 5.82 Å². The van der Waals surface area contributed by atoms with Gasteiger partial charge in [0.1, 0.15) is 0 Å². The van der Waals surface area contributed by atoms with Gasteiger partial charge in [-0.1, -0.05) is 0 Å². The van der Waals surface area contributed by atoms with Gasteiger partial charge in [0, 0.05) is 11.7 Å². The first-order valence-electron chi connectivity index (χ1n) is 2.36. The molecule has 0 aliphatic rings. The molecular weight excluding hydrogens is 121 g/mol. The van der Waals surface area contributed by atoms with Gasteiger partial charge in [0.25, 0.3) is 0 Å². The minimum Gasteiger partial charge on any atom is -0.358 e. The second-order valence-corrected chi connectivity index (χ2v) is 1.65. The van der Waals surface area contributed by atoms with Crippen LogP contribution in [0.2, 0.25) is 0 Å². The maximum atomic E-state index is 10.0. The number of nitrogens with one attached hydrogen (secondary N) is 1. The van der Waals surface area contributed by atoms with Gasteiger partial charge in [-0.2, -0.15) is 5.10 Å². The fraction of sp³-hybridized carbons (Fsp3) is 0. The predicted octanol–water partition coefficient (Wildman–Crippen LogP) is -1.42. The van der Waals surface area contributed by atoms with Crippen LogP contribution in [0.1, 0.15) is 0 Å². The molecule has 1 aromatic rings. The summed E-state index contributed by atoms with van der Waals surface area (Å²) in [5, 5.41) is 15.8. The van der Waals surface area contributed by atoms with Crippen molar-refractivity contribution in [3.63, 3.8) is 0 Å². The van der Waals surface area contributed by atoms with Crippen molar-refractivity contribution in [3.05, 3.63) is 16.3 Å². The highest BCUT2D eigenvalue weighted by atomic mass is 16.6. The lowest BCUT2D eigenvalue weighted by atomic mass is 10.0. The number of nitrogens with zero attached hydrogens (tertiary/aromatic N) is 2. The lowest BCUT2D eigenvalue weighted by Crippen LogP contribution is -2.05. The minimum atomic E-state index is -0.522. The van der Waals surface area contributed by atoms with Crippen molar-refractivity contribution in [2.24, 2.45) is 0 Å². The normalized spacial score (nSPS) is 9.33. The molecule has 0 saturated carbocycles. The Balaban J connectivity index is 3.08. The van der Waals surface area contributed by atoms with E-state index in [4.69, 9.17) is 0 Å². The fourth-order valence-electron chi connectivity index (χ4n) is 0.528. The Kier molecular flexibility index (Phi) is 1.22. The van der Waals surface area contributed by atoms with Gasteiger partial charge in [0.2, 0.25) is 0 Å². The molecular formula is C3H4BN3O2. The number of H-pyrrole nitrogens is 1. The molecule has 1 heterocycles. The van der Waals surface area contributed by atoms with Crippen LogP contribution in [0.3, 0.4) is 0 Å². The summed E-state index contributed by atoms with van der Waals surface area (Å²) < 4.78 is 0. The molecule has 5 nitrogen and oxygen atoms in total. The van der Waals surface area contributed by atoms with Gasteiger partial charge in [0.15, 0.2) is 7.85 Å². The minimum absolute atomic E-state index is 0.102. The molecule has 0 aliphatic heterocycles. The maximum absolute atomic E-state index is 10.0. The van der Waals surface area contributed by atoms with Crippen molar-refractivity contribution in [2.75, 3.05) is 0 Å². The van der Waals surface area contributed by atoms with Crippen molar-refractivity contribution in [3.8, 4) is 0 Å². The van der Waals surface area contributed by atoms with Crippen LogP contribution < -0.4 is 5.46 Å². The predicted molar refractivity (Wildman–Crippen MR) is 33.4 cm³/mol. The van der Waals surface area contributed by atoms with Crippen LogP contribution in [0.15, 0.2) is 6.20 Å². The average molecular weight is 125 g/mol. The van der Waals surface area contributed by atoms with Crippen LogP contribution in [0.25, 0.3) is 0 Å². The molecule has 0 radical (unpaired) electrons. The zero-order chi connectivity index (χ0) is 6.85. The second-order valence-electron chi connectivity index (χ2n) is 1.65. The fourth-order valence-corrected chi connectivity index (χ4v) is 0.528. The monoisotopic (exact) mass is 125 g/mol. The summed E-state index contributed by atoms with van der Waals surface area (Å²) in [5.41, 5.74) is 0.556. The Bertz CT molecular complexity index is 233. The van der Waals surface area contributed by atoms with Gasteiger partial charge in [0.05, 0.1) is 5.10 Å². The van der Waals surface area contributed by atoms with Crippen LogP contribution in [0, 0.1) is 10.1 Å². The van der Waals surface area contributed by atoms with Gasteiger partial charge in [-0.15, -0.1) is 0 Å². The maximum Gasteiger partial charge on any atom is 0.383 e. The quantitative estimate of drug-likeness (QED) is 0.284. The summed E-state index contributed by atoms with van der Waals surface area (Å²) in [6.45, 7) is 0. The van der Waals surface area contributed by atoms with E-state index in [0.29, 0.717) is 5.46 Å². The number of hydrogen-bond donors (Lipinski definition) is 1. The van der Waals surface area contributed by atoms with Gasteiger partial charge >= 0.3 is 5.82 Å². The molecule has 0 unspecified atom stereocenters. The van der Waals surface area contributed by atoms with Gasteiger partial charge in [-0.05, 0) is 4.92 Å². The SMILES string of the molecule is Bc1c[nH]nc1[N+](=O)[O-]. The molecule has 0 fully saturated rings. The van der Waals surface area contributed by atoms with Crippen LogP contribution in [0.5, 0.6) is 0 Å². The first kappa shape index (κ1) is 5.81. The smallest absolute Gasteiger partial charge is 0.358 e. The number of rotatable bonds is 1. The van der Waals surface area contributed by atoms with E-state index < -0.39 is 4.92 Å². The zero-order valence-corrected chi connectivity index (χ0v) is 4.79. The molecule has 1 rings (SSSR count). The highest BCUT2D eigenvalue weighted by molar-refractivity contribution is 6.34. The third-order valence-electron chi connectivity index (χ3n) is 0.977. The summed E-state index contributed by atoms with van der Waals surface area (Å²) in [5.74, 6) is -0.102. The number of aromatic amines is 1. The summed E-state index contributed by atoms with van der Waals surface area (Å²) >= 11 is 0. The molecule has 1 N–H and O–H groups in total. The Morgan fingerprint density at radius 2 is 2.56 bits per heavy atom. The number of nitro groups is 1. The van der Waals surface area contributed by atoms with Crippen molar-refractivity contribution in [1.82, 2.24) is 10.2 Å². The van der Waals surface area contributed by atoms with Crippen molar-refractivity contribution < 1.29 is 4.92 Å². The van der Waals surface area contributed by atoms with E-state index in [2.05, 4.69) is 10.2 Å². The first-order valence-corrected chi connectivity index (χ1v) is 2.36. The molecule has 0 aliphatic carbocycles. The lowest BCUT2D eigenvalue weighted by Gasteiger charge is -1.85. The second kappa shape index (κ2) is 1.89. The lowest BCUT2D eigenvalue weighted by molar-refractivity contribution is -0.388.